The number of Topliss-reactive ketones (excluding diaryl/α,β-unsaturated/α-hetero) is 1. The normalized spacial score (nSPS) is 11.3. The highest BCUT2D eigenvalue weighted by Crippen LogP contribution is 2.29. The van der Waals surface area contributed by atoms with Crippen molar-refractivity contribution in [3.8, 4) is 0 Å². The van der Waals surface area contributed by atoms with Crippen LogP contribution in [0.3, 0.4) is 0 Å². The summed E-state index contributed by atoms with van der Waals surface area (Å²) in [4.78, 5) is 25.6. The number of alkyl halides is 3. The summed E-state index contributed by atoms with van der Waals surface area (Å²) in [6.07, 6.45) is -2.25. The Morgan fingerprint density at radius 2 is 1.75 bits per heavy atom. The molecule has 126 valence electrons. The molecule has 0 saturated carbocycles. The van der Waals surface area contributed by atoms with E-state index in [4.69, 9.17) is 5.11 Å². The van der Waals surface area contributed by atoms with Gasteiger partial charge in [0.1, 0.15) is 0 Å². The largest absolute Gasteiger partial charge is 0.475 e. The van der Waals surface area contributed by atoms with Crippen molar-refractivity contribution < 1.29 is 27.9 Å². The summed E-state index contributed by atoms with van der Waals surface area (Å²) in [5.74, 6) is -2.45. The zero-order valence-corrected chi connectivity index (χ0v) is 12.5. The number of carbonyl (C=O) groups excluding carboxylic acids is 1. The average Bonchev–Trinajstić information content (AvgIpc) is 2.53. The minimum atomic E-state index is -4.37. The lowest BCUT2D eigenvalue weighted by Crippen LogP contribution is -2.15. The van der Waals surface area contributed by atoms with E-state index in [1.165, 1.54) is 12.3 Å². The smallest absolute Gasteiger partial charge is 0.416 e. The van der Waals surface area contributed by atoms with E-state index in [1.807, 2.05) is 0 Å². The summed E-state index contributed by atoms with van der Waals surface area (Å²) in [7, 11) is 0. The standard InChI is InChI=1S/C17H14F3NO3/c18-17(19,20)13-3-1-2-11(8-13)4-5-12-6-7-14(21-10-12)9-15(22)16(23)24/h1-3,6-8,10H,4-5,9H2,(H,23,24). The zero-order valence-electron chi connectivity index (χ0n) is 12.5. The molecule has 0 aliphatic heterocycles. The lowest BCUT2D eigenvalue weighted by atomic mass is 10.0. The molecule has 2 rings (SSSR count). The highest BCUT2D eigenvalue weighted by atomic mass is 19.4. The van der Waals surface area contributed by atoms with Crippen LogP contribution < -0.4 is 0 Å². The van der Waals surface area contributed by atoms with Crippen molar-refractivity contribution in [2.75, 3.05) is 0 Å². The van der Waals surface area contributed by atoms with Gasteiger partial charge in [0, 0.05) is 11.9 Å². The van der Waals surface area contributed by atoms with Crippen LogP contribution in [0.5, 0.6) is 0 Å². The van der Waals surface area contributed by atoms with Crippen LogP contribution >= 0.6 is 0 Å². The first-order chi connectivity index (χ1) is 11.3. The van der Waals surface area contributed by atoms with Gasteiger partial charge < -0.3 is 5.11 Å². The molecule has 1 aromatic carbocycles. The fraction of sp³-hybridized carbons (Fsp3) is 0.235. The molecule has 4 nitrogen and oxygen atoms in total. The number of benzene rings is 1. The molecule has 1 heterocycles. The van der Waals surface area contributed by atoms with E-state index in [0.29, 0.717) is 24.1 Å². The van der Waals surface area contributed by atoms with Gasteiger partial charge in [-0.1, -0.05) is 24.3 Å². The van der Waals surface area contributed by atoms with Crippen molar-refractivity contribution in [2.45, 2.75) is 25.4 Å². The molecule has 0 atom stereocenters. The second-order valence-electron chi connectivity index (χ2n) is 5.26. The van der Waals surface area contributed by atoms with Crippen LogP contribution in [-0.4, -0.2) is 21.8 Å². The fourth-order valence-electron chi connectivity index (χ4n) is 2.14. The Balaban J connectivity index is 1.98. The van der Waals surface area contributed by atoms with Gasteiger partial charge in [0.15, 0.2) is 0 Å². The van der Waals surface area contributed by atoms with Crippen LogP contribution in [0.15, 0.2) is 42.6 Å². The number of aromatic nitrogens is 1. The maximum Gasteiger partial charge on any atom is 0.416 e. The van der Waals surface area contributed by atoms with Gasteiger partial charge in [-0.25, -0.2) is 4.79 Å². The summed E-state index contributed by atoms with van der Waals surface area (Å²) in [5, 5.41) is 8.53. The number of carbonyl (C=O) groups is 2. The molecule has 0 amide bonds. The second kappa shape index (κ2) is 7.25. The van der Waals surface area contributed by atoms with E-state index in [9.17, 15) is 22.8 Å². The summed E-state index contributed by atoms with van der Waals surface area (Å²) >= 11 is 0. The third-order valence-corrected chi connectivity index (χ3v) is 3.42. The van der Waals surface area contributed by atoms with E-state index in [1.54, 1.807) is 18.2 Å². The number of carboxylic acid groups (broad SMARTS) is 1. The van der Waals surface area contributed by atoms with E-state index in [-0.39, 0.29) is 6.42 Å². The molecule has 0 spiro atoms. The molecule has 0 radical (unpaired) electrons. The van der Waals surface area contributed by atoms with Gasteiger partial charge in [-0.15, -0.1) is 0 Å². The van der Waals surface area contributed by atoms with Crippen LogP contribution in [0.25, 0.3) is 0 Å². The minimum Gasteiger partial charge on any atom is -0.475 e. The maximum atomic E-state index is 12.7. The lowest BCUT2D eigenvalue weighted by Gasteiger charge is -2.09. The van der Waals surface area contributed by atoms with Crippen LogP contribution in [0.4, 0.5) is 13.2 Å². The first kappa shape index (κ1) is 17.7. The Morgan fingerprint density at radius 3 is 2.33 bits per heavy atom. The van der Waals surface area contributed by atoms with Gasteiger partial charge in [-0.2, -0.15) is 13.2 Å². The van der Waals surface area contributed by atoms with Gasteiger partial charge in [-0.05, 0) is 36.1 Å². The molecule has 2 aromatic rings. The number of hydrogen-bond acceptors (Lipinski definition) is 3. The molecular weight excluding hydrogens is 323 g/mol. The number of aryl methyl sites for hydroxylation is 2. The summed E-state index contributed by atoms with van der Waals surface area (Å²) in [5.41, 5.74) is 1.01. The highest BCUT2D eigenvalue weighted by Gasteiger charge is 2.30. The van der Waals surface area contributed by atoms with E-state index in [0.717, 1.165) is 17.7 Å². The minimum absolute atomic E-state index is 0.288. The molecule has 24 heavy (non-hydrogen) atoms. The third-order valence-electron chi connectivity index (χ3n) is 3.42. The molecule has 7 heteroatoms. The molecule has 1 N–H and O–H groups in total. The van der Waals surface area contributed by atoms with Gasteiger partial charge >= 0.3 is 12.1 Å². The summed E-state index contributed by atoms with van der Waals surface area (Å²) in [6, 6.07) is 8.37. The summed E-state index contributed by atoms with van der Waals surface area (Å²) in [6.45, 7) is 0. The van der Waals surface area contributed by atoms with E-state index >= 15 is 0 Å². The van der Waals surface area contributed by atoms with Crippen molar-refractivity contribution in [1.82, 2.24) is 4.98 Å². The Morgan fingerprint density at radius 1 is 1.04 bits per heavy atom. The predicted octanol–water partition coefficient (Wildman–Crippen LogP) is 3.08. The Hall–Kier alpha value is -2.70. The van der Waals surface area contributed by atoms with Crippen molar-refractivity contribution in [3.05, 3.63) is 65.0 Å². The van der Waals surface area contributed by atoms with Gasteiger partial charge in [0.05, 0.1) is 12.0 Å². The van der Waals surface area contributed by atoms with Crippen molar-refractivity contribution in [2.24, 2.45) is 0 Å². The van der Waals surface area contributed by atoms with Gasteiger partial charge in [0.2, 0.25) is 5.78 Å². The predicted molar refractivity (Wildman–Crippen MR) is 79.4 cm³/mol. The first-order valence-corrected chi connectivity index (χ1v) is 7.12. The van der Waals surface area contributed by atoms with Crippen LogP contribution in [0.1, 0.15) is 22.4 Å². The topological polar surface area (TPSA) is 67.3 Å². The molecule has 0 unspecified atom stereocenters. The fourth-order valence-corrected chi connectivity index (χ4v) is 2.14. The van der Waals surface area contributed by atoms with E-state index < -0.39 is 23.5 Å². The van der Waals surface area contributed by atoms with Crippen molar-refractivity contribution in [3.63, 3.8) is 0 Å². The molecule has 0 aliphatic carbocycles. The van der Waals surface area contributed by atoms with Gasteiger partial charge in [0.25, 0.3) is 0 Å². The molecule has 0 saturated heterocycles. The second-order valence-corrected chi connectivity index (χ2v) is 5.26. The number of carboxylic acids is 1. The molecule has 0 bridgehead atoms. The molecule has 0 aliphatic rings. The van der Waals surface area contributed by atoms with Gasteiger partial charge in [-0.3, -0.25) is 9.78 Å². The lowest BCUT2D eigenvalue weighted by molar-refractivity contribution is -0.148. The third kappa shape index (κ3) is 4.91. The number of aliphatic carboxylic acids is 1. The highest BCUT2D eigenvalue weighted by molar-refractivity contribution is 6.33. The average molecular weight is 337 g/mol. The number of ketones is 1. The first-order valence-electron chi connectivity index (χ1n) is 7.12. The van der Waals surface area contributed by atoms with Crippen molar-refractivity contribution >= 4 is 11.8 Å². The molecular formula is C17H14F3NO3. The monoisotopic (exact) mass is 337 g/mol. The van der Waals surface area contributed by atoms with Crippen molar-refractivity contribution in [1.29, 1.82) is 0 Å². The Labute approximate surface area is 136 Å². The summed E-state index contributed by atoms with van der Waals surface area (Å²) < 4.78 is 38.0. The molecule has 1 aromatic heterocycles. The SMILES string of the molecule is O=C(O)C(=O)Cc1ccc(CCc2cccc(C(F)(F)F)c2)cn1. The Kier molecular flexibility index (Phi) is 5.33. The number of halogens is 3. The van der Waals surface area contributed by atoms with E-state index in [2.05, 4.69) is 4.98 Å². The number of hydrogen-bond donors (Lipinski definition) is 1. The van der Waals surface area contributed by atoms with Crippen LogP contribution in [0.2, 0.25) is 0 Å². The molecule has 0 fully saturated rings. The van der Waals surface area contributed by atoms with Crippen LogP contribution in [-0.2, 0) is 35.0 Å². The number of pyridine rings is 1. The number of rotatable bonds is 6. The maximum absolute atomic E-state index is 12.7. The number of nitrogens with zero attached hydrogens (tertiary/aromatic N) is 1. The Bertz CT molecular complexity index is 739. The zero-order chi connectivity index (χ0) is 17.7. The van der Waals surface area contributed by atoms with Crippen LogP contribution in [0, 0.1) is 0 Å². The quantitative estimate of drug-likeness (QED) is 0.823.